The van der Waals surface area contributed by atoms with Crippen molar-refractivity contribution in [3.05, 3.63) is 53.6 Å². The first-order valence-corrected chi connectivity index (χ1v) is 6.08. The second kappa shape index (κ2) is 4.62. The predicted octanol–water partition coefficient (Wildman–Crippen LogP) is 4.04. The third-order valence-corrected chi connectivity index (χ3v) is 3.86. The number of nitrogen functional groups attached to an aromatic ring is 1. The molecule has 0 aliphatic carbocycles. The zero-order chi connectivity index (χ0) is 11.5. The van der Waals surface area contributed by atoms with Crippen molar-refractivity contribution in [2.75, 3.05) is 5.73 Å². The molecule has 0 atom stereocenters. The van der Waals surface area contributed by atoms with Crippen LogP contribution >= 0.6 is 11.8 Å². The second-order valence-corrected chi connectivity index (χ2v) is 4.98. The van der Waals surface area contributed by atoms with Crippen molar-refractivity contribution in [1.82, 2.24) is 0 Å². The molecule has 2 heteroatoms. The van der Waals surface area contributed by atoms with Gasteiger partial charge < -0.3 is 5.73 Å². The molecule has 0 aliphatic heterocycles. The lowest BCUT2D eigenvalue weighted by Crippen LogP contribution is -1.86. The largest absolute Gasteiger partial charge is 0.399 e. The maximum absolute atomic E-state index is 5.67. The van der Waals surface area contributed by atoms with Crippen LogP contribution in [0.2, 0.25) is 0 Å². The lowest BCUT2D eigenvalue weighted by molar-refractivity contribution is 1.21. The van der Waals surface area contributed by atoms with Gasteiger partial charge in [0.1, 0.15) is 0 Å². The second-order valence-electron chi connectivity index (χ2n) is 3.89. The fourth-order valence-corrected chi connectivity index (χ4v) is 2.58. The van der Waals surface area contributed by atoms with Crippen LogP contribution in [0.1, 0.15) is 11.1 Å². The zero-order valence-electron chi connectivity index (χ0n) is 9.53. The SMILES string of the molecule is Cc1cccc(C)c1Sc1ccc(N)cc1. The van der Waals surface area contributed by atoms with E-state index in [1.165, 1.54) is 20.9 Å². The molecule has 0 saturated carbocycles. The Kier molecular flexibility index (Phi) is 3.20. The van der Waals surface area contributed by atoms with E-state index in [0.29, 0.717) is 0 Å². The summed E-state index contributed by atoms with van der Waals surface area (Å²) in [6.45, 7) is 4.29. The third-order valence-electron chi connectivity index (χ3n) is 2.51. The Bertz CT molecular complexity index is 468. The maximum atomic E-state index is 5.67. The van der Waals surface area contributed by atoms with E-state index in [9.17, 15) is 0 Å². The molecular weight excluding hydrogens is 214 g/mol. The number of anilines is 1. The highest BCUT2D eigenvalue weighted by atomic mass is 32.2. The highest BCUT2D eigenvalue weighted by Crippen LogP contribution is 2.32. The number of hydrogen-bond donors (Lipinski definition) is 1. The zero-order valence-corrected chi connectivity index (χ0v) is 10.3. The fourth-order valence-electron chi connectivity index (χ4n) is 1.61. The summed E-state index contributed by atoms with van der Waals surface area (Å²) < 4.78 is 0. The van der Waals surface area contributed by atoms with Crippen LogP contribution in [0.4, 0.5) is 5.69 Å². The third kappa shape index (κ3) is 2.39. The summed E-state index contributed by atoms with van der Waals surface area (Å²) in [5.74, 6) is 0. The van der Waals surface area contributed by atoms with E-state index in [0.717, 1.165) is 5.69 Å². The van der Waals surface area contributed by atoms with Crippen LogP contribution in [0.25, 0.3) is 0 Å². The van der Waals surface area contributed by atoms with E-state index in [-0.39, 0.29) is 0 Å². The van der Waals surface area contributed by atoms with Gasteiger partial charge in [-0.05, 0) is 49.2 Å². The Morgan fingerprint density at radius 2 is 1.44 bits per heavy atom. The van der Waals surface area contributed by atoms with Crippen molar-refractivity contribution in [1.29, 1.82) is 0 Å². The van der Waals surface area contributed by atoms with Crippen molar-refractivity contribution in [3.63, 3.8) is 0 Å². The van der Waals surface area contributed by atoms with E-state index in [1.807, 2.05) is 12.1 Å². The van der Waals surface area contributed by atoms with Gasteiger partial charge in [-0.1, -0.05) is 30.0 Å². The first kappa shape index (κ1) is 11.1. The molecule has 2 N–H and O–H groups in total. The summed E-state index contributed by atoms with van der Waals surface area (Å²) in [5, 5.41) is 0. The molecule has 0 spiro atoms. The first-order chi connectivity index (χ1) is 7.66. The lowest BCUT2D eigenvalue weighted by atomic mass is 10.2. The van der Waals surface area contributed by atoms with Crippen molar-refractivity contribution in [3.8, 4) is 0 Å². The number of nitrogens with two attached hydrogens (primary N) is 1. The molecule has 0 aliphatic rings. The molecule has 16 heavy (non-hydrogen) atoms. The minimum atomic E-state index is 0.811. The normalized spacial score (nSPS) is 10.4. The van der Waals surface area contributed by atoms with Gasteiger partial charge in [0.15, 0.2) is 0 Å². The van der Waals surface area contributed by atoms with E-state index in [4.69, 9.17) is 5.73 Å². The van der Waals surface area contributed by atoms with Crippen LogP contribution in [0.3, 0.4) is 0 Å². The molecule has 0 heterocycles. The van der Waals surface area contributed by atoms with Crippen LogP contribution in [0, 0.1) is 13.8 Å². The quantitative estimate of drug-likeness (QED) is 0.787. The summed E-state index contributed by atoms with van der Waals surface area (Å²) in [6.07, 6.45) is 0. The summed E-state index contributed by atoms with van der Waals surface area (Å²) >= 11 is 1.79. The molecule has 2 aromatic rings. The van der Waals surface area contributed by atoms with Gasteiger partial charge in [-0.3, -0.25) is 0 Å². The van der Waals surface area contributed by atoms with E-state index < -0.39 is 0 Å². The van der Waals surface area contributed by atoms with E-state index in [1.54, 1.807) is 11.8 Å². The Morgan fingerprint density at radius 3 is 2.00 bits per heavy atom. The van der Waals surface area contributed by atoms with E-state index >= 15 is 0 Å². The maximum Gasteiger partial charge on any atom is 0.0314 e. The van der Waals surface area contributed by atoms with Crippen molar-refractivity contribution in [2.24, 2.45) is 0 Å². The smallest absolute Gasteiger partial charge is 0.0314 e. The average Bonchev–Trinajstić information content (AvgIpc) is 2.26. The molecule has 0 fully saturated rings. The molecule has 0 aromatic heterocycles. The first-order valence-electron chi connectivity index (χ1n) is 5.26. The Morgan fingerprint density at radius 1 is 0.875 bits per heavy atom. The Balaban J connectivity index is 2.30. The van der Waals surface area contributed by atoms with Crippen LogP contribution in [0.5, 0.6) is 0 Å². The molecule has 2 aromatic carbocycles. The monoisotopic (exact) mass is 229 g/mol. The summed E-state index contributed by atoms with van der Waals surface area (Å²) in [5.41, 5.74) is 9.12. The molecule has 0 amide bonds. The number of rotatable bonds is 2. The summed E-state index contributed by atoms with van der Waals surface area (Å²) in [4.78, 5) is 2.57. The molecule has 0 saturated heterocycles. The van der Waals surface area contributed by atoms with Gasteiger partial charge in [0.2, 0.25) is 0 Å². The predicted molar refractivity (Wildman–Crippen MR) is 70.9 cm³/mol. The van der Waals surface area contributed by atoms with Crippen molar-refractivity contribution < 1.29 is 0 Å². The highest BCUT2D eigenvalue weighted by Gasteiger charge is 2.03. The van der Waals surface area contributed by atoms with Crippen LogP contribution < -0.4 is 5.73 Å². The molecular formula is C14H15NS. The van der Waals surface area contributed by atoms with Crippen LogP contribution in [-0.2, 0) is 0 Å². The van der Waals surface area contributed by atoms with Gasteiger partial charge in [0.05, 0.1) is 0 Å². The fraction of sp³-hybridized carbons (Fsp3) is 0.143. The van der Waals surface area contributed by atoms with Gasteiger partial charge in [-0.25, -0.2) is 0 Å². The van der Waals surface area contributed by atoms with Gasteiger partial charge in [0.25, 0.3) is 0 Å². The average molecular weight is 229 g/mol. The van der Waals surface area contributed by atoms with Gasteiger partial charge in [-0.15, -0.1) is 0 Å². The van der Waals surface area contributed by atoms with Crippen LogP contribution in [-0.4, -0.2) is 0 Å². The molecule has 0 radical (unpaired) electrons. The van der Waals surface area contributed by atoms with Crippen molar-refractivity contribution >= 4 is 17.4 Å². The molecule has 0 bridgehead atoms. The van der Waals surface area contributed by atoms with Crippen molar-refractivity contribution in [2.45, 2.75) is 23.6 Å². The Labute approximate surface area is 101 Å². The molecule has 0 unspecified atom stereocenters. The Hall–Kier alpha value is -1.41. The summed E-state index contributed by atoms with van der Waals surface area (Å²) in [6, 6.07) is 14.4. The molecule has 2 rings (SSSR count). The number of aryl methyl sites for hydroxylation is 2. The van der Waals surface area contributed by atoms with Gasteiger partial charge in [-0.2, -0.15) is 0 Å². The van der Waals surface area contributed by atoms with Crippen LogP contribution in [0.15, 0.2) is 52.3 Å². The number of benzene rings is 2. The van der Waals surface area contributed by atoms with Gasteiger partial charge >= 0.3 is 0 Å². The lowest BCUT2D eigenvalue weighted by Gasteiger charge is -2.08. The standard InChI is InChI=1S/C14H15NS/c1-10-4-3-5-11(2)14(10)16-13-8-6-12(15)7-9-13/h3-9H,15H2,1-2H3. The van der Waals surface area contributed by atoms with E-state index in [2.05, 4.69) is 44.2 Å². The van der Waals surface area contributed by atoms with Gasteiger partial charge in [0, 0.05) is 15.5 Å². The number of hydrogen-bond acceptors (Lipinski definition) is 2. The minimum Gasteiger partial charge on any atom is -0.399 e. The minimum absolute atomic E-state index is 0.811. The summed E-state index contributed by atoms with van der Waals surface area (Å²) in [7, 11) is 0. The molecule has 1 nitrogen and oxygen atoms in total. The topological polar surface area (TPSA) is 26.0 Å². The molecule has 82 valence electrons. The highest BCUT2D eigenvalue weighted by molar-refractivity contribution is 7.99.